The highest BCUT2D eigenvalue weighted by molar-refractivity contribution is 6.07. The molecular formula is C23H21N5O. The third kappa shape index (κ3) is 3.33. The number of benzene rings is 2. The summed E-state index contributed by atoms with van der Waals surface area (Å²) in [5.74, 6) is 1.83. The molecule has 3 heterocycles. The Morgan fingerprint density at radius 2 is 1.52 bits per heavy atom. The molecule has 29 heavy (non-hydrogen) atoms. The molecule has 0 bridgehead atoms. The molecule has 1 aliphatic rings. The number of fused-ring (bicyclic) bond motifs is 1. The first-order valence-electron chi connectivity index (χ1n) is 9.77. The van der Waals surface area contributed by atoms with Crippen molar-refractivity contribution in [2.24, 2.45) is 0 Å². The van der Waals surface area contributed by atoms with E-state index in [9.17, 15) is 4.79 Å². The summed E-state index contributed by atoms with van der Waals surface area (Å²) in [6, 6.07) is 19.9. The third-order valence-corrected chi connectivity index (χ3v) is 5.42. The van der Waals surface area contributed by atoms with E-state index in [4.69, 9.17) is 0 Å². The van der Waals surface area contributed by atoms with Crippen molar-refractivity contribution in [1.29, 1.82) is 0 Å². The van der Waals surface area contributed by atoms with Crippen molar-refractivity contribution in [3.05, 3.63) is 84.9 Å². The summed E-state index contributed by atoms with van der Waals surface area (Å²) in [5, 5.41) is 2.10. The highest BCUT2D eigenvalue weighted by atomic mass is 16.2. The largest absolute Gasteiger partial charge is 0.353 e. The molecule has 5 rings (SSSR count). The second kappa shape index (κ2) is 7.39. The maximum Gasteiger partial charge on any atom is 0.254 e. The van der Waals surface area contributed by atoms with Crippen LogP contribution >= 0.6 is 0 Å². The summed E-state index contributed by atoms with van der Waals surface area (Å²) in [7, 11) is 0. The number of hydrogen-bond acceptors (Lipinski definition) is 4. The molecule has 6 nitrogen and oxygen atoms in total. The lowest BCUT2D eigenvalue weighted by atomic mass is 10.0. The minimum atomic E-state index is 0.0946. The summed E-state index contributed by atoms with van der Waals surface area (Å²) in [4.78, 5) is 26.1. The Bertz CT molecular complexity index is 1140. The number of amides is 1. The van der Waals surface area contributed by atoms with Gasteiger partial charge in [0.1, 0.15) is 18.0 Å². The van der Waals surface area contributed by atoms with Crippen molar-refractivity contribution >= 4 is 22.5 Å². The Labute approximate surface area is 169 Å². The number of nitrogens with zero attached hydrogens (tertiary/aromatic N) is 5. The molecule has 1 saturated heterocycles. The number of aromatic nitrogens is 3. The van der Waals surface area contributed by atoms with Gasteiger partial charge < -0.3 is 14.4 Å². The lowest BCUT2D eigenvalue weighted by Gasteiger charge is -2.35. The van der Waals surface area contributed by atoms with Crippen LogP contribution in [0.2, 0.25) is 0 Å². The molecule has 1 aliphatic heterocycles. The van der Waals surface area contributed by atoms with Gasteiger partial charge in [-0.2, -0.15) is 0 Å². The van der Waals surface area contributed by atoms with Crippen molar-refractivity contribution in [3.8, 4) is 5.82 Å². The topological polar surface area (TPSA) is 54.3 Å². The van der Waals surface area contributed by atoms with Gasteiger partial charge in [-0.05, 0) is 29.0 Å². The Kier molecular flexibility index (Phi) is 4.44. The summed E-state index contributed by atoms with van der Waals surface area (Å²) >= 11 is 0. The minimum absolute atomic E-state index is 0.0946. The zero-order valence-corrected chi connectivity index (χ0v) is 16.0. The van der Waals surface area contributed by atoms with E-state index in [0.717, 1.165) is 41.1 Å². The molecule has 4 aromatic rings. The van der Waals surface area contributed by atoms with E-state index in [2.05, 4.69) is 14.9 Å². The van der Waals surface area contributed by atoms with E-state index in [0.29, 0.717) is 13.1 Å². The molecule has 0 radical (unpaired) electrons. The lowest BCUT2D eigenvalue weighted by Crippen LogP contribution is -2.49. The lowest BCUT2D eigenvalue weighted by molar-refractivity contribution is 0.0748. The fourth-order valence-electron chi connectivity index (χ4n) is 3.86. The molecule has 0 N–H and O–H groups in total. The number of carbonyl (C=O) groups is 1. The van der Waals surface area contributed by atoms with Crippen LogP contribution in [-0.4, -0.2) is 51.5 Å². The SMILES string of the molecule is O=C(c1cccc2ccccc12)N1CCN(c2cc(-n3cccc3)ncn2)CC1. The van der Waals surface area contributed by atoms with E-state index in [1.165, 1.54) is 0 Å². The molecule has 0 spiro atoms. The summed E-state index contributed by atoms with van der Waals surface area (Å²) < 4.78 is 1.96. The van der Waals surface area contributed by atoms with Crippen molar-refractivity contribution < 1.29 is 4.79 Å². The third-order valence-electron chi connectivity index (χ3n) is 5.42. The van der Waals surface area contributed by atoms with Gasteiger partial charge in [-0.15, -0.1) is 0 Å². The van der Waals surface area contributed by atoms with Gasteiger partial charge in [-0.1, -0.05) is 36.4 Å². The van der Waals surface area contributed by atoms with E-state index in [1.807, 2.05) is 82.5 Å². The van der Waals surface area contributed by atoms with Crippen LogP contribution in [0, 0.1) is 0 Å². The van der Waals surface area contributed by atoms with Gasteiger partial charge in [0.25, 0.3) is 5.91 Å². The summed E-state index contributed by atoms with van der Waals surface area (Å²) in [6.07, 6.45) is 5.53. The quantitative estimate of drug-likeness (QED) is 0.544. The molecule has 2 aromatic heterocycles. The number of anilines is 1. The molecule has 0 atom stereocenters. The van der Waals surface area contributed by atoms with Gasteiger partial charge in [-0.3, -0.25) is 4.79 Å². The van der Waals surface area contributed by atoms with E-state index < -0.39 is 0 Å². The average molecular weight is 383 g/mol. The number of hydrogen-bond donors (Lipinski definition) is 0. The van der Waals surface area contributed by atoms with Crippen LogP contribution in [-0.2, 0) is 0 Å². The fourth-order valence-corrected chi connectivity index (χ4v) is 3.86. The van der Waals surface area contributed by atoms with Crippen LogP contribution in [0.25, 0.3) is 16.6 Å². The monoisotopic (exact) mass is 383 g/mol. The van der Waals surface area contributed by atoms with Gasteiger partial charge in [0.2, 0.25) is 0 Å². The van der Waals surface area contributed by atoms with Gasteiger partial charge in [0, 0.05) is 50.2 Å². The average Bonchev–Trinajstić information content (AvgIpc) is 3.34. The van der Waals surface area contributed by atoms with Crippen molar-refractivity contribution in [1.82, 2.24) is 19.4 Å². The van der Waals surface area contributed by atoms with Crippen molar-refractivity contribution in [2.45, 2.75) is 0 Å². The number of piperazine rings is 1. The standard InChI is InChI=1S/C23H21N5O/c29-23(20-9-5-7-18-6-1-2-8-19(18)20)28-14-12-27(13-15-28)22-16-21(24-17-25-22)26-10-3-4-11-26/h1-11,16-17H,12-15H2. The molecule has 0 saturated carbocycles. The second-order valence-corrected chi connectivity index (χ2v) is 7.13. The minimum Gasteiger partial charge on any atom is -0.353 e. The second-order valence-electron chi connectivity index (χ2n) is 7.13. The normalized spacial score (nSPS) is 14.3. The smallest absolute Gasteiger partial charge is 0.254 e. The van der Waals surface area contributed by atoms with E-state index in [1.54, 1.807) is 6.33 Å². The molecule has 1 fully saturated rings. The highest BCUT2D eigenvalue weighted by Crippen LogP contribution is 2.22. The zero-order valence-electron chi connectivity index (χ0n) is 16.0. The van der Waals surface area contributed by atoms with E-state index >= 15 is 0 Å². The van der Waals surface area contributed by atoms with Crippen LogP contribution in [0.4, 0.5) is 5.82 Å². The van der Waals surface area contributed by atoms with Crippen molar-refractivity contribution in [3.63, 3.8) is 0 Å². The van der Waals surface area contributed by atoms with Crippen molar-refractivity contribution in [2.75, 3.05) is 31.1 Å². The van der Waals surface area contributed by atoms with Crippen LogP contribution < -0.4 is 4.90 Å². The van der Waals surface area contributed by atoms with Crippen LogP contribution in [0.1, 0.15) is 10.4 Å². The maximum absolute atomic E-state index is 13.1. The Morgan fingerprint density at radius 1 is 0.793 bits per heavy atom. The van der Waals surface area contributed by atoms with Gasteiger partial charge in [0.15, 0.2) is 0 Å². The predicted molar refractivity (Wildman–Crippen MR) is 113 cm³/mol. The van der Waals surface area contributed by atoms with Gasteiger partial charge >= 0.3 is 0 Å². The first-order valence-corrected chi connectivity index (χ1v) is 9.77. The Balaban J connectivity index is 1.32. The van der Waals surface area contributed by atoms with Crippen LogP contribution in [0.3, 0.4) is 0 Å². The first-order chi connectivity index (χ1) is 14.3. The molecule has 1 amide bonds. The molecule has 0 unspecified atom stereocenters. The predicted octanol–water partition coefficient (Wildman–Crippen LogP) is 3.38. The summed E-state index contributed by atoms with van der Waals surface area (Å²) in [5.41, 5.74) is 0.772. The molecule has 2 aromatic carbocycles. The number of rotatable bonds is 3. The maximum atomic E-state index is 13.1. The van der Waals surface area contributed by atoms with Crippen LogP contribution in [0.5, 0.6) is 0 Å². The Hall–Kier alpha value is -3.67. The molecule has 0 aliphatic carbocycles. The molecular weight excluding hydrogens is 362 g/mol. The molecule has 144 valence electrons. The Morgan fingerprint density at radius 3 is 2.34 bits per heavy atom. The molecule has 6 heteroatoms. The first kappa shape index (κ1) is 17.4. The zero-order chi connectivity index (χ0) is 19.6. The van der Waals surface area contributed by atoms with E-state index in [-0.39, 0.29) is 5.91 Å². The highest BCUT2D eigenvalue weighted by Gasteiger charge is 2.24. The van der Waals surface area contributed by atoms with Crippen LogP contribution in [0.15, 0.2) is 79.4 Å². The number of carbonyl (C=O) groups excluding carboxylic acids is 1. The van der Waals surface area contributed by atoms with Gasteiger partial charge in [-0.25, -0.2) is 9.97 Å². The van der Waals surface area contributed by atoms with Gasteiger partial charge in [0.05, 0.1) is 0 Å². The fraction of sp³-hybridized carbons (Fsp3) is 0.174. The summed E-state index contributed by atoms with van der Waals surface area (Å²) in [6.45, 7) is 2.84.